The molecular weight excluding hydrogens is 350 g/mol. The molecule has 2 rings (SSSR count). The number of amides is 1. The number of carbonyl (C=O) groups excluding carboxylic acids is 1. The quantitative estimate of drug-likeness (QED) is 0.625. The van der Waals surface area contributed by atoms with Gasteiger partial charge in [-0.1, -0.05) is 6.07 Å². The topological polar surface area (TPSA) is 64.9 Å². The monoisotopic (exact) mass is 365 g/mol. The van der Waals surface area contributed by atoms with Crippen LogP contribution in [0.4, 0.5) is 23.2 Å². The van der Waals surface area contributed by atoms with Crippen molar-refractivity contribution in [2.75, 3.05) is 18.4 Å². The third-order valence-electron chi connectivity index (χ3n) is 3.62. The molecule has 0 aliphatic rings. The molecule has 136 valence electrons. The summed E-state index contributed by atoms with van der Waals surface area (Å²) in [6, 6.07) is 8.87. The zero-order valence-electron chi connectivity index (χ0n) is 13.7. The van der Waals surface area contributed by atoms with Gasteiger partial charge >= 0.3 is 6.18 Å². The molecule has 0 saturated carbocycles. The molecule has 26 heavy (non-hydrogen) atoms. The van der Waals surface area contributed by atoms with E-state index in [1.165, 1.54) is 24.3 Å². The minimum absolute atomic E-state index is 0.121. The summed E-state index contributed by atoms with van der Waals surface area (Å²) in [5.74, 6) is -0.977. The molecule has 0 spiro atoms. The lowest BCUT2D eigenvalue weighted by atomic mass is 10.1. The summed E-state index contributed by atoms with van der Waals surface area (Å²) < 4.78 is 52.1. The molecule has 0 fully saturated rings. The number of hydrogen-bond donors (Lipinski definition) is 2. The summed E-state index contributed by atoms with van der Waals surface area (Å²) >= 11 is 0. The number of aryl methyl sites for hydroxylation is 1. The Balaban J connectivity index is 1.93. The predicted molar refractivity (Wildman–Crippen MR) is 88.1 cm³/mol. The zero-order chi connectivity index (χ0) is 19.3. The van der Waals surface area contributed by atoms with Crippen LogP contribution in [0.1, 0.15) is 27.0 Å². The van der Waals surface area contributed by atoms with Gasteiger partial charge in [-0.25, -0.2) is 4.39 Å². The van der Waals surface area contributed by atoms with Gasteiger partial charge in [-0.3, -0.25) is 4.79 Å². The maximum absolute atomic E-state index is 13.4. The molecule has 2 N–H and O–H groups in total. The number of alkyl halides is 3. The summed E-state index contributed by atoms with van der Waals surface area (Å²) in [6.07, 6.45) is -4.63. The fraction of sp³-hybridized carbons (Fsp3) is 0.222. The van der Waals surface area contributed by atoms with E-state index < -0.39 is 29.0 Å². The molecule has 0 aliphatic heterocycles. The Morgan fingerprint density at radius 3 is 2.50 bits per heavy atom. The van der Waals surface area contributed by atoms with E-state index in [4.69, 9.17) is 5.26 Å². The van der Waals surface area contributed by atoms with E-state index in [2.05, 4.69) is 10.6 Å². The lowest BCUT2D eigenvalue weighted by Gasteiger charge is -2.12. The van der Waals surface area contributed by atoms with Crippen LogP contribution >= 0.6 is 0 Å². The maximum Gasteiger partial charge on any atom is 0.417 e. The van der Waals surface area contributed by atoms with Crippen LogP contribution in [-0.4, -0.2) is 19.0 Å². The third-order valence-corrected chi connectivity index (χ3v) is 3.62. The van der Waals surface area contributed by atoms with Crippen LogP contribution in [0.5, 0.6) is 0 Å². The molecule has 8 heteroatoms. The third kappa shape index (κ3) is 4.72. The summed E-state index contributed by atoms with van der Waals surface area (Å²) in [6.45, 7) is 1.85. The number of nitrogens with one attached hydrogen (secondary N) is 2. The van der Waals surface area contributed by atoms with Gasteiger partial charge in [0, 0.05) is 24.3 Å². The second kappa shape index (κ2) is 7.87. The molecule has 2 aromatic rings. The molecule has 1 amide bonds. The summed E-state index contributed by atoms with van der Waals surface area (Å²) in [5, 5.41) is 14.0. The summed E-state index contributed by atoms with van der Waals surface area (Å²) in [4.78, 5) is 11.9. The van der Waals surface area contributed by atoms with Crippen LogP contribution in [0.3, 0.4) is 0 Å². The summed E-state index contributed by atoms with van der Waals surface area (Å²) in [5.41, 5.74) is -0.732. The molecule has 0 saturated heterocycles. The van der Waals surface area contributed by atoms with Crippen molar-refractivity contribution in [2.45, 2.75) is 13.1 Å². The number of rotatable bonds is 5. The number of halogens is 4. The molecule has 2 aromatic carbocycles. The van der Waals surface area contributed by atoms with Gasteiger partial charge in [0.15, 0.2) is 0 Å². The minimum atomic E-state index is -4.63. The molecule has 4 nitrogen and oxygen atoms in total. The maximum atomic E-state index is 13.4. The first-order chi connectivity index (χ1) is 12.2. The van der Waals surface area contributed by atoms with Gasteiger partial charge in [0.25, 0.3) is 5.91 Å². The Morgan fingerprint density at radius 2 is 1.88 bits per heavy atom. The molecule has 0 bridgehead atoms. The highest BCUT2D eigenvalue weighted by atomic mass is 19.4. The van der Waals surface area contributed by atoms with Gasteiger partial charge in [-0.15, -0.1) is 0 Å². The molecule has 0 unspecified atom stereocenters. The largest absolute Gasteiger partial charge is 0.417 e. The normalized spacial score (nSPS) is 10.9. The number of nitriles is 1. The van der Waals surface area contributed by atoms with Crippen molar-refractivity contribution in [1.82, 2.24) is 5.32 Å². The number of anilines is 1. The Morgan fingerprint density at radius 1 is 1.15 bits per heavy atom. The lowest BCUT2D eigenvalue weighted by molar-refractivity contribution is -0.137. The van der Waals surface area contributed by atoms with Gasteiger partial charge in [-0.2, -0.15) is 18.4 Å². The van der Waals surface area contributed by atoms with Crippen LogP contribution in [0.2, 0.25) is 0 Å². The fourth-order valence-corrected chi connectivity index (χ4v) is 2.21. The smallest absolute Gasteiger partial charge is 0.383 e. The highest BCUT2D eigenvalue weighted by molar-refractivity contribution is 5.94. The summed E-state index contributed by atoms with van der Waals surface area (Å²) in [7, 11) is 0. The lowest BCUT2D eigenvalue weighted by Crippen LogP contribution is -2.28. The average molecular weight is 365 g/mol. The first-order valence-electron chi connectivity index (χ1n) is 7.62. The SMILES string of the molecule is Cc1ccc(C(=O)NCCNc2ccc(C#N)c(C(F)(F)F)c2)cc1F. The first kappa shape index (κ1) is 19.2. The predicted octanol–water partition coefficient (Wildman–Crippen LogP) is 3.87. The van der Waals surface area contributed by atoms with Crippen molar-refractivity contribution in [3.63, 3.8) is 0 Å². The number of nitrogens with zero attached hydrogens (tertiary/aromatic N) is 1. The van der Waals surface area contributed by atoms with E-state index in [1.54, 1.807) is 6.92 Å². The standard InChI is InChI=1S/C18H15F4N3O/c1-11-2-3-12(8-16(11)19)17(26)25-7-6-24-14-5-4-13(10-23)15(9-14)18(20,21)22/h2-5,8-9,24H,6-7H2,1H3,(H,25,26). The van der Waals surface area contributed by atoms with Crippen molar-refractivity contribution in [2.24, 2.45) is 0 Å². The molecule has 0 radical (unpaired) electrons. The highest BCUT2D eigenvalue weighted by Gasteiger charge is 2.33. The van der Waals surface area contributed by atoms with E-state index in [0.717, 1.165) is 18.2 Å². The minimum Gasteiger partial charge on any atom is -0.383 e. The van der Waals surface area contributed by atoms with E-state index >= 15 is 0 Å². The number of hydrogen-bond acceptors (Lipinski definition) is 3. The van der Waals surface area contributed by atoms with Crippen molar-refractivity contribution in [3.05, 3.63) is 64.5 Å². The van der Waals surface area contributed by atoms with Crippen molar-refractivity contribution < 1.29 is 22.4 Å². The Hall–Kier alpha value is -3.08. The molecule has 0 aliphatic carbocycles. The van der Waals surface area contributed by atoms with Crippen molar-refractivity contribution in [1.29, 1.82) is 5.26 Å². The highest BCUT2D eigenvalue weighted by Crippen LogP contribution is 2.33. The van der Waals surface area contributed by atoms with Crippen LogP contribution in [0.25, 0.3) is 0 Å². The van der Waals surface area contributed by atoms with Crippen LogP contribution in [0.15, 0.2) is 36.4 Å². The van der Waals surface area contributed by atoms with E-state index in [-0.39, 0.29) is 24.3 Å². The van der Waals surface area contributed by atoms with Crippen LogP contribution in [-0.2, 0) is 6.18 Å². The zero-order valence-corrected chi connectivity index (χ0v) is 13.7. The molecule has 0 atom stereocenters. The number of benzene rings is 2. The van der Waals surface area contributed by atoms with Crippen molar-refractivity contribution in [3.8, 4) is 6.07 Å². The fourth-order valence-electron chi connectivity index (χ4n) is 2.21. The van der Waals surface area contributed by atoms with E-state index in [1.807, 2.05) is 0 Å². The number of carbonyl (C=O) groups is 1. The Kier molecular flexibility index (Phi) is 5.82. The first-order valence-corrected chi connectivity index (χ1v) is 7.62. The van der Waals surface area contributed by atoms with E-state index in [0.29, 0.717) is 5.56 Å². The van der Waals surface area contributed by atoms with Gasteiger partial charge in [0.1, 0.15) is 5.82 Å². The van der Waals surface area contributed by atoms with Gasteiger partial charge in [-0.05, 0) is 42.8 Å². The van der Waals surface area contributed by atoms with Crippen LogP contribution < -0.4 is 10.6 Å². The van der Waals surface area contributed by atoms with Gasteiger partial charge in [0.05, 0.1) is 17.2 Å². The van der Waals surface area contributed by atoms with Gasteiger partial charge < -0.3 is 10.6 Å². The molecule has 0 heterocycles. The Bertz CT molecular complexity index is 856. The second-order valence-electron chi connectivity index (χ2n) is 5.52. The van der Waals surface area contributed by atoms with Crippen LogP contribution in [0, 0.1) is 24.1 Å². The van der Waals surface area contributed by atoms with E-state index in [9.17, 15) is 22.4 Å². The Labute approximate surface area is 147 Å². The molecule has 0 aromatic heterocycles. The average Bonchev–Trinajstić information content (AvgIpc) is 2.60. The second-order valence-corrected chi connectivity index (χ2v) is 5.52. The van der Waals surface area contributed by atoms with Crippen molar-refractivity contribution >= 4 is 11.6 Å². The van der Waals surface area contributed by atoms with Gasteiger partial charge in [0.2, 0.25) is 0 Å². The molecular formula is C18H15F4N3O.